The van der Waals surface area contributed by atoms with E-state index in [9.17, 15) is 26.4 Å². The highest BCUT2D eigenvalue weighted by molar-refractivity contribution is 7.89. The van der Waals surface area contributed by atoms with Gasteiger partial charge in [-0.25, -0.2) is 21.6 Å². The van der Waals surface area contributed by atoms with Crippen molar-refractivity contribution in [3.05, 3.63) is 59.9 Å². The van der Waals surface area contributed by atoms with Crippen molar-refractivity contribution in [1.29, 1.82) is 0 Å². The summed E-state index contributed by atoms with van der Waals surface area (Å²) in [4.78, 5) is 11.7. The smallest absolute Gasteiger partial charge is 0.242 e. The van der Waals surface area contributed by atoms with Gasteiger partial charge in [-0.2, -0.15) is 4.72 Å². The van der Waals surface area contributed by atoms with Crippen LogP contribution in [0.5, 0.6) is 0 Å². The number of benzene rings is 2. The Labute approximate surface area is 136 Å². The lowest BCUT2D eigenvalue weighted by Gasteiger charge is -2.14. The largest absolute Gasteiger partial charge is 0.325 e. The number of hydrogen-bond donors (Lipinski definition) is 2. The fourth-order valence-electron chi connectivity index (χ4n) is 1.79. The number of hydrogen-bond acceptors (Lipinski definition) is 3. The Kier molecular flexibility index (Phi) is 5.25. The summed E-state index contributed by atoms with van der Waals surface area (Å²) in [6, 6.07) is 5.59. The van der Waals surface area contributed by atoms with E-state index >= 15 is 0 Å². The minimum Gasteiger partial charge on any atom is -0.325 e. The Morgan fingerprint density at radius 2 is 1.62 bits per heavy atom. The van der Waals surface area contributed by atoms with Gasteiger partial charge in [-0.1, -0.05) is 0 Å². The lowest BCUT2D eigenvalue weighted by Crippen LogP contribution is -2.41. The number of carbonyl (C=O) groups is 1. The van der Waals surface area contributed by atoms with Crippen molar-refractivity contribution in [1.82, 2.24) is 4.72 Å². The molecule has 0 aliphatic heterocycles. The summed E-state index contributed by atoms with van der Waals surface area (Å²) in [6.07, 6.45) is 0. The SMILES string of the molecule is CC(NS(=O)(=O)c1ccc(F)cc1)C(=O)Nc1ccc(F)c(F)c1. The zero-order chi connectivity index (χ0) is 17.9. The number of sulfonamides is 1. The van der Waals surface area contributed by atoms with E-state index in [1.165, 1.54) is 6.92 Å². The molecule has 0 heterocycles. The summed E-state index contributed by atoms with van der Waals surface area (Å²) in [5.74, 6) is -3.59. The van der Waals surface area contributed by atoms with Crippen molar-refractivity contribution in [2.45, 2.75) is 17.9 Å². The average Bonchev–Trinajstić information content (AvgIpc) is 2.51. The predicted octanol–water partition coefficient (Wildman–Crippen LogP) is 2.41. The number of nitrogens with one attached hydrogen (secondary N) is 2. The topological polar surface area (TPSA) is 75.3 Å². The second-order valence-corrected chi connectivity index (χ2v) is 6.63. The molecule has 2 aromatic carbocycles. The first-order valence-corrected chi connectivity index (χ1v) is 8.21. The highest BCUT2D eigenvalue weighted by atomic mass is 32.2. The van der Waals surface area contributed by atoms with Gasteiger partial charge in [0.2, 0.25) is 15.9 Å². The van der Waals surface area contributed by atoms with Crippen LogP contribution >= 0.6 is 0 Å². The van der Waals surface area contributed by atoms with Gasteiger partial charge in [0.25, 0.3) is 0 Å². The van der Waals surface area contributed by atoms with E-state index in [0.29, 0.717) is 0 Å². The number of rotatable bonds is 5. The number of amides is 1. The zero-order valence-electron chi connectivity index (χ0n) is 12.4. The zero-order valence-corrected chi connectivity index (χ0v) is 13.2. The van der Waals surface area contributed by atoms with Gasteiger partial charge >= 0.3 is 0 Å². The first-order chi connectivity index (χ1) is 11.2. The van der Waals surface area contributed by atoms with Crippen molar-refractivity contribution in [3.8, 4) is 0 Å². The van der Waals surface area contributed by atoms with Crippen molar-refractivity contribution >= 4 is 21.6 Å². The summed E-state index contributed by atoms with van der Waals surface area (Å²) in [5.41, 5.74) is -0.0215. The number of carbonyl (C=O) groups excluding carboxylic acids is 1. The van der Waals surface area contributed by atoms with Gasteiger partial charge in [-0.15, -0.1) is 0 Å². The van der Waals surface area contributed by atoms with Gasteiger partial charge in [-0.3, -0.25) is 4.79 Å². The third kappa shape index (κ3) is 4.33. The first kappa shape index (κ1) is 18.0. The normalized spacial score (nSPS) is 12.7. The molecule has 0 radical (unpaired) electrons. The van der Waals surface area contributed by atoms with Gasteiger partial charge < -0.3 is 5.32 Å². The standard InChI is InChI=1S/C15H13F3N2O3S/c1-9(15(21)19-11-4-7-13(17)14(18)8-11)20-24(22,23)12-5-2-10(16)3-6-12/h2-9,20H,1H3,(H,19,21). The van der Waals surface area contributed by atoms with Crippen LogP contribution in [0, 0.1) is 17.5 Å². The molecule has 0 aliphatic carbocycles. The molecule has 0 fully saturated rings. The maximum Gasteiger partial charge on any atom is 0.242 e. The molecule has 0 aliphatic rings. The minimum atomic E-state index is -4.04. The third-order valence-electron chi connectivity index (χ3n) is 3.04. The molecule has 1 amide bonds. The maximum absolute atomic E-state index is 13.1. The second-order valence-electron chi connectivity index (χ2n) is 4.92. The van der Waals surface area contributed by atoms with Gasteiger partial charge in [-0.05, 0) is 43.3 Å². The van der Waals surface area contributed by atoms with Crippen molar-refractivity contribution in [2.75, 3.05) is 5.32 Å². The molecule has 2 rings (SSSR count). The summed E-state index contributed by atoms with van der Waals surface area (Å²) in [5, 5.41) is 2.26. The van der Waals surface area contributed by atoms with Crippen LogP contribution in [0.1, 0.15) is 6.92 Å². The fraction of sp³-hybridized carbons (Fsp3) is 0.133. The van der Waals surface area contributed by atoms with E-state index in [4.69, 9.17) is 0 Å². The van der Waals surface area contributed by atoms with Crippen LogP contribution in [0.3, 0.4) is 0 Å². The molecule has 0 aromatic heterocycles. The van der Waals surface area contributed by atoms with E-state index in [0.717, 1.165) is 42.5 Å². The van der Waals surface area contributed by atoms with E-state index < -0.39 is 39.4 Å². The molecular weight excluding hydrogens is 345 g/mol. The molecule has 5 nitrogen and oxygen atoms in total. The van der Waals surface area contributed by atoms with Gasteiger partial charge in [0.05, 0.1) is 10.9 Å². The lowest BCUT2D eigenvalue weighted by atomic mass is 10.2. The highest BCUT2D eigenvalue weighted by Crippen LogP contribution is 2.14. The molecule has 2 N–H and O–H groups in total. The minimum absolute atomic E-state index is 0.0215. The average molecular weight is 358 g/mol. The highest BCUT2D eigenvalue weighted by Gasteiger charge is 2.22. The van der Waals surface area contributed by atoms with Crippen molar-refractivity contribution < 1.29 is 26.4 Å². The molecule has 1 unspecified atom stereocenters. The second kappa shape index (κ2) is 7.02. The summed E-state index contributed by atoms with van der Waals surface area (Å²) in [7, 11) is -4.04. The van der Waals surface area contributed by atoms with Crippen LogP contribution in [0.4, 0.5) is 18.9 Å². The molecule has 0 spiro atoms. The fourth-order valence-corrected chi connectivity index (χ4v) is 3.00. The predicted molar refractivity (Wildman–Crippen MR) is 81.2 cm³/mol. The lowest BCUT2D eigenvalue weighted by molar-refractivity contribution is -0.117. The monoisotopic (exact) mass is 358 g/mol. The van der Waals surface area contributed by atoms with E-state index in [2.05, 4.69) is 10.0 Å². The van der Waals surface area contributed by atoms with Gasteiger partial charge in [0, 0.05) is 11.8 Å². The van der Waals surface area contributed by atoms with Crippen LogP contribution < -0.4 is 10.0 Å². The van der Waals surface area contributed by atoms with E-state index in [-0.39, 0.29) is 10.6 Å². The van der Waals surface area contributed by atoms with Gasteiger partial charge in [0.1, 0.15) is 5.82 Å². The van der Waals surface area contributed by atoms with Crippen LogP contribution in [0.2, 0.25) is 0 Å². The summed E-state index contributed by atoms with van der Waals surface area (Å²) >= 11 is 0. The molecule has 1 atom stereocenters. The van der Waals surface area contributed by atoms with Crippen LogP contribution in [0.15, 0.2) is 47.4 Å². The van der Waals surface area contributed by atoms with Crippen molar-refractivity contribution in [3.63, 3.8) is 0 Å². The Hall–Kier alpha value is -2.39. The number of anilines is 1. The molecule has 0 saturated carbocycles. The Balaban J connectivity index is 2.07. The molecule has 24 heavy (non-hydrogen) atoms. The maximum atomic E-state index is 13.1. The van der Waals surface area contributed by atoms with Gasteiger partial charge in [0.15, 0.2) is 11.6 Å². The van der Waals surface area contributed by atoms with Crippen molar-refractivity contribution in [2.24, 2.45) is 0 Å². The quantitative estimate of drug-likeness (QED) is 0.862. The molecule has 9 heteroatoms. The summed E-state index contributed by atoms with van der Waals surface area (Å²) < 4.78 is 65.0. The van der Waals surface area contributed by atoms with Crippen LogP contribution in [-0.4, -0.2) is 20.4 Å². The molecule has 128 valence electrons. The number of halogens is 3. The summed E-state index contributed by atoms with van der Waals surface area (Å²) in [6.45, 7) is 1.27. The molecule has 2 aromatic rings. The molecular formula is C15H13F3N2O3S. The van der Waals surface area contributed by atoms with E-state index in [1.807, 2.05) is 0 Å². The molecule has 0 bridgehead atoms. The van der Waals surface area contributed by atoms with Crippen LogP contribution in [-0.2, 0) is 14.8 Å². The van der Waals surface area contributed by atoms with E-state index in [1.54, 1.807) is 0 Å². The molecule has 0 saturated heterocycles. The Bertz CT molecular complexity index is 855. The first-order valence-electron chi connectivity index (χ1n) is 6.73. The van der Waals surface area contributed by atoms with Crippen LogP contribution in [0.25, 0.3) is 0 Å². The Morgan fingerprint density at radius 1 is 1.00 bits per heavy atom. The Morgan fingerprint density at radius 3 is 2.21 bits per heavy atom. The third-order valence-corrected chi connectivity index (χ3v) is 4.59.